The van der Waals surface area contributed by atoms with Crippen molar-refractivity contribution in [2.45, 2.75) is 13.0 Å². The fraction of sp³-hybridized carbons (Fsp3) is 0.167. The summed E-state index contributed by atoms with van der Waals surface area (Å²) in [4.78, 5) is 52.9. The molecule has 0 fully saturated rings. The highest BCUT2D eigenvalue weighted by molar-refractivity contribution is 6.20. The summed E-state index contributed by atoms with van der Waals surface area (Å²) in [5.41, 5.74) is 2.08. The minimum Gasteiger partial charge on any atom is -0.457 e. The van der Waals surface area contributed by atoms with Crippen LogP contribution in [0.3, 0.4) is 0 Å². The van der Waals surface area contributed by atoms with E-state index in [1.807, 2.05) is 0 Å². The van der Waals surface area contributed by atoms with Crippen LogP contribution in [0.5, 0.6) is 0 Å². The zero-order valence-electron chi connectivity index (χ0n) is 13.5. The number of hydrogen-bond acceptors (Lipinski definition) is 6. The largest absolute Gasteiger partial charge is 0.457 e. The van der Waals surface area contributed by atoms with Crippen molar-refractivity contribution >= 4 is 29.4 Å². The van der Waals surface area contributed by atoms with Crippen molar-refractivity contribution in [1.29, 1.82) is 0 Å². The number of anilines is 1. The van der Waals surface area contributed by atoms with E-state index in [0.717, 1.165) is 4.90 Å². The number of carbonyl (C=O) groups excluding carboxylic acids is 4. The van der Waals surface area contributed by atoms with Gasteiger partial charge in [0.05, 0.1) is 11.1 Å². The Hall–Kier alpha value is -3.55. The predicted octanol–water partition coefficient (Wildman–Crippen LogP) is 1.38. The lowest BCUT2D eigenvalue weighted by Crippen LogP contribution is -2.33. The van der Waals surface area contributed by atoms with Gasteiger partial charge in [0.25, 0.3) is 11.8 Å². The van der Waals surface area contributed by atoms with Crippen LogP contribution in [0.4, 0.5) is 5.69 Å². The molecule has 4 rings (SSSR count). The maximum atomic E-state index is 12.2. The second-order valence-electron chi connectivity index (χ2n) is 5.91. The highest BCUT2D eigenvalue weighted by Crippen LogP contribution is 2.24. The number of imide groups is 1. The summed E-state index contributed by atoms with van der Waals surface area (Å²) in [7, 11) is 0. The third-order valence-corrected chi connectivity index (χ3v) is 4.26. The van der Waals surface area contributed by atoms with Gasteiger partial charge in [0, 0.05) is 30.4 Å². The molecule has 3 heterocycles. The minimum absolute atomic E-state index is 0.0353. The van der Waals surface area contributed by atoms with Crippen LogP contribution in [0.25, 0.3) is 0 Å². The molecule has 2 aliphatic heterocycles. The van der Waals surface area contributed by atoms with Crippen LogP contribution in [-0.4, -0.2) is 40.1 Å². The normalized spacial score (nSPS) is 14.9. The highest BCUT2D eigenvalue weighted by atomic mass is 16.5. The molecule has 1 aromatic carbocycles. The summed E-state index contributed by atoms with van der Waals surface area (Å²) in [6, 6.07) is 7.99. The molecule has 0 saturated heterocycles. The summed E-state index contributed by atoms with van der Waals surface area (Å²) in [5.74, 6) is -1.66. The number of esters is 1. The Bertz CT molecular complexity index is 934. The van der Waals surface area contributed by atoms with Gasteiger partial charge in [0.2, 0.25) is 5.91 Å². The Morgan fingerprint density at radius 1 is 1.15 bits per heavy atom. The van der Waals surface area contributed by atoms with Crippen LogP contribution in [0, 0.1) is 0 Å². The highest BCUT2D eigenvalue weighted by Gasteiger charge is 2.36. The molecule has 0 unspecified atom stereocenters. The van der Waals surface area contributed by atoms with Gasteiger partial charge in [-0.3, -0.25) is 24.3 Å². The zero-order chi connectivity index (χ0) is 18.3. The fourth-order valence-electron chi connectivity index (χ4n) is 2.96. The SMILES string of the molecule is O=C(CCN1C(=O)c2cccnc2C1=O)Nc1ccc2c(c1)COC2=O. The zero-order valence-corrected chi connectivity index (χ0v) is 13.5. The number of nitrogens with one attached hydrogen (secondary N) is 1. The van der Waals surface area contributed by atoms with E-state index in [4.69, 9.17) is 4.74 Å². The first kappa shape index (κ1) is 15.9. The Kier molecular flexibility index (Phi) is 3.72. The van der Waals surface area contributed by atoms with E-state index in [-0.39, 0.29) is 42.7 Å². The Labute approximate surface area is 147 Å². The lowest BCUT2D eigenvalue weighted by Gasteiger charge is -2.13. The van der Waals surface area contributed by atoms with Gasteiger partial charge in [-0.05, 0) is 30.3 Å². The summed E-state index contributed by atoms with van der Waals surface area (Å²) in [6.07, 6.45) is 1.40. The molecule has 1 N–H and O–H groups in total. The van der Waals surface area contributed by atoms with E-state index in [9.17, 15) is 19.2 Å². The molecule has 1 aromatic heterocycles. The molecule has 0 aliphatic carbocycles. The number of carbonyl (C=O) groups is 4. The molecule has 2 aliphatic rings. The molecule has 0 bridgehead atoms. The molecule has 26 heavy (non-hydrogen) atoms. The van der Waals surface area contributed by atoms with Crippen molar-refractivity contribution in [2.24, 2.45) is 0 Å². The van der Waals surface area contributed by atoms with Crippen molar-refractivity contribution in [1.82, 2.24) is 9.88 Å². The summed E-state index contributed by atoms with van der Waals surface area (Å²) in [5, 5.41) is 2.69. The first-order chi connectivity index (χ1) is 12.5. The predicted molar refractivity (Wildman–Crippen MR) is 88.4 cm³/mol. The number of rotatable bonds is 4. The number of benzene rings is 1. The van der Waals surface area contributed by atoms with Crippen molar-refractivity contribution < 1.29 is 23.9 Å². The van der Waals surface area contributed by atoms with Crippen LogP contribution in [0.1, 0.15) is 43.2 Å². The van der Waals surface area contributed by atoms with E-state index >= 15 is 0 Å². The Balaban J connectivity index is 1.39. The second-order valence-corrected chi connectivity index (χ2v) is 5.91. The lowest BCUT2D eigenvalue weighted by atomic mass is 10.1. The molecule has 8 heteroatoms. The number of hydrogen-bond donors (Lipinski definition) is 1. The third-order valence-electron chi connectivity index (χ3n) is 4.26. The average Bonchev–Trinajstić information content (AvgIpc) is 3.12. The molecular formula is C18H13N3O5. The monoisotopic (exact) mass is 351 g/mol. The van der Waals surface area contributed by atoms with Gasteiger partial charge in [-0.25, -0.2) is 4.79 Å². The minimum atomic E-state index is -0.494. The van der Waals surface area contributed by atoms with E-state index < -0.39 is 11.8 Å². The average molecular weight is 351 g/mol. The molecule has 0 saturated carbocycles. The van der Waals surface area contributed by atoms with Gasteiger partial charge in [0.15, 0.2) is 0 Å². The van der Waals surface area contributed by atoms with Gasteiger partial charge in [-0.1, -0.05) is 0 Å². The van der Waals surface area contributed by atoms with Crippen LogP contribution in [0.15, 0.2) is 36.5 Å². The van der Waals surface area contributed by atoms with E-state index in [1.165, 1.54) is 12.3 Å². The first-order valence-electron chi connectivity index (χ1n) is 7.96. The molecule has 3 amide bonds. The van der Waals surface area contributed by atoms with Gasteiger partial charge < -0.3 is 10.1 Å². The topological polar surface area (TPSA) is 106 Å². The number of ether oxygens (including phenoxy) is 1. The molecule has 0 radical (unpaired) electrons. The van der Waals surface area contributed by atoms with E-state index in [0.29, 0.717) is 16.8 Å². The number of aromatic nitrogens is 1. The van der Waals surface area contributed by atoms with Crippen molar-refractivity contribution in [3.05, 3.63) is 58.9 Å². The van der Waals surface area contributed by atoms with Crippen molar-refractivity contribution in [3.8, 4) is 0 Å². The maximum absolute atomic E-state index is 12.2. The number of amides is 3. The second kappa shape index (κ2) is 6.07. The molecule has 8 nitrogen and oxygen atoms in total. The summed E-state index contributed by atoms with van der Waals surface area (Å²) >= 11 is 0. The van der Waals surface area contributed by atoms with Crippen LogP contribution in [-0.2, 0) is 16.1 Å². The number of fused-ring (bicyclic) bond motifs is 2. The van der Waals surface area contributed by atoms with E-state index in [2.05, 4.69) is 10.3 Å². The quantitative estimate of drug-likeness (QED) is 0.659. The Morgan fingerprint density at radius 3 is 2.81 bits per heavy atom. The number of nitrogens with zero attached hydrogens (tertiary/aromatic N) is 2. The lowest BCUT2D eigenvalue weighted by molar-refractivity contribution is -0.116. The smallest absolute Gasteiger partial charge is 0.338 e. The number of cyclic esters (lactones) is 1. The summed E-state index contributed by atoms with van der Waals surface area (Å²) in [6.45, 7) is 0.145. The standard InChI is InChI=1S/C18H13N3O5/c22-14(20-11-3-4-12-10(8-11)9-26-18(12)25)5-7-21-16(23)13-2-1-6-19-15(13)17(21)24/h1-4,6,8H,5,7,9H2,(H,20,22). The number of pyridine rings is 1. The third kappa shape index (κ3) is 2.61. The summed E-state index contributed by atoms with van der Waals surface area (Å²) < 4.78 is 4.91. The van der Waals surface area contributed by atoms with Crippen molar-refractivity contribution in [2.75, 3.05) is 11.9 Å². The van der Waals surface area contributed by atoms with Crippen molar-refractivity contribution in [3.63, 3.8) is 0 Å². The van der Waals surface area contributed by atoms with Crippen LogP contribution < -0.4 is 5.32 Å². The fourth-order valence-corrected chi connectivity index (χ4v) is 2.96. The first-order valence-corrected chi connectivity index (χ1v) is 7.96. The Morgan fingerprint density at radius 2 is 2.00 bits per heavy atom. The molecule has 0 spiro atoms. The van der Waals surface area contributed by atoms with E-state index in [1.54, 1.807) is 24.3 Å². The molecule has 130 valence electrons. The van der Waals surface area contributed by atoms with Crippen LogP contribution >= 0.6 is 0 Å². The van der Waals surface area contributed by atoms with Gasteiger partial charge in [-0.15, -0.1) is 0 Å². The maximum Gasteiger partial charge on any atom is 0.338 e. The van der Waals surface area contributed by atoms with Gasteiger partial charge in [0.1, 0.15) is 12.3 Å². The van der Waals surface area contributed by atoms with Gasteiger partial charge >= 0.3 is 5.97 Å². The van der Waals surface area contributed by atoms with Crippen LogP contribution in [0.2, 0.25) is 0 Å². The molecule has 0 atom stereocenters. The molecule has 2 aromatic rings. The van der Waals surface area contributed by atoms with Gasteiger partial charge in [-0.2, -0.15) is 0 Å². The molecular weight excluding hydrogens is 338 g/mol.